The van der Waals surface area contributed by atoms with Gasteiger partial charge < -0.3 is 15.0 Å². The number of hydrogen-bond acceptors (Lipinski definition) is 4. The van der Waals surface area contributed by atoms with Crippen LogP contribution in [-0.4, -0.2) is 49.0 Å². The molecule has 0 aliphatic heterocycles. The lowest BCUT2D eigenvalue weighted by molar-refractivity contribution is -0.895. The number of likely N-dealkylation sites (N-methyl/N-ethyl adjacent to an activating group) is 1. The summed E-state index contributed by atoms with van der Waals surface area (Å²) in [6, 6.07) is 14.1. The first-order chi connectivity index (χ1) is 14.1. The minimum absolute atomic E-state index is 0.241. The summed E-state index contributed by atoms with van der Waals surface area (Å²) in [4.78, 5) is 27.3. The van der Waals surface area contributed by atoms with Gasteiger partial charge in [-0.3, -0.25) is 9.59 Å². The number of ether oxygens (including phenoxy) is 1. The highest BCUT2D eigenvalue weighted by atomic mass is 16.5. The van der Waals surface area contributed by atoms with E-state index in [0.717, 1.165) is 19.6 Å². The first-order valence-corrected chi connectivity index (χ1v) is 9.87. The molecule has 3 rings (SSSR count). The van der Waals surface area contributed by atoms with Gasteiger partial charge in [0.2, 0.25) is 0 Å². The zero-order valence-electron chi connectivity index (χ0n) is 17.1. The smallest absolute Gasteiger partial charge is 0.279 e. The fourth-order valence-electron chi connectivity index (χ4n) is 3.30. The van der Waals surface area contributed by atoms with E-state index in [1.165, 1.54) is 9.58 Å². The molecule has 0 atom stereocenters. The van der Waals surface area contributed by atoms with Crippen LogP contribution in [-0.2, 0) is 0 Å². The van der Waals surface area contributed by atoms with Gasteiger partial charge >= 0.3 is 0 Å². The average molecular weight is 395 g/mol. The maximum atomic E-state index is 13.0. The minimum atomic E-state index is -0.282. The Labute approximate surface area is 169 Å². The number of aromatic nitrogens is 2. The van der Waals surface area contributed by atoms with E-state index < -0.39 is 0 Å². The fraction of sp³-hybridized carbons (Fsp3) is 0.318. The van der Waals surface area contributed by atoms with Crippen LogP contribution in [0.5, 0.6) is 5.75 Å². The summed E-state index contributed by atoms with van der Waals surface area (Å²) in [6.45, 7) is 7.66. The third-order valence-electron chi connectivity index (χ3n) is 5.10. The number of fused-ring (bicyclic) bond motifs is 1. The summed E-state index contributed by atoms with van der Waals surface area (Å²) in [5.74, 6) is 0.398. The molecule has 7 nitrogen and oxygen atoms in total. The standard InChI is InChI=1S/C22H26N4O3/c1-4-25(5-2)15-14-23-21(27)20-18-8-6-7-9-19(18)22(28)26(24-20)16-10-12-17(29-3)13-11-16/h6-13H,4-5,14-15H2,1-3H3,(H,23,27)/p+1. The predicted octanol–water partition coefficient (Wildman–Crippen LogP) is 1.05. The molecule has 0 unspecified atom stereocenters. The Morgan fingerprint density at radius 2 is 1.72 bits per heavy atom. The number of carbonyl (C=O) groups is 1. The van der Waals surface area contributed by atoms with E-state index in [9.17, 15) is 9.59 Å². The fourth-order valence-corrected chi connectivity index (χ4v) is 3.30. The van der Waals surface area contributed by atoms with Crippen molar-refractivity contribution in [1.82, 2.24) is 15.1 Å². The van der Waals surface area contributed by atoms with E-state index in [0.29, 0.717) is 28.8 Å². The van der Waals surface area contributed by atoms with E-state index in [2.05, 4.69) is 24.3 Å². The van der Waals surface area contributed by atoms with Crippen molar-refractivity contribution < 1.29 is 14.4 Å². The highest BCUT2D eigenvalue weighted by molar-refractivity contribution is 6.04. The van der Waals surface area contributed by atoms with Crippen LogP contribution in [0, 0.1) is 0 Å². The maximum absolute atomic E-state index is 13.0. The Morgan fingerprint density at radius 3 is 2.34 bits per heavy atom. The molecule has 0 fully saturated rings. The predicted molar refractivity (Wildman–Crippen MR) is 113 cm³/mol. The lowest BCUT2D eigenvalue weighted by Crippen LogP contribution is -3.12. The normalized spacial score (nSPS) is 11.0. The second kappa shape index (κ2) is 9.34. The van der Waals surface area contributed by atoms with Crippen molar-refractivity contribution in [2.24, 2.45) is 0 Å². The van der Waals surface area contributed by atoms with Crippen LogP contribution in [0.3, 0.4) is 0 Å². The molecule has 2 N–H and O–H groups in total. The number of nitrogens with one attached hydrogen (secondary N) is 2. The molecule has 0 aliphatic carbocycles. The summed E-state index contributed by atoms with van der Waals surface area (Å²) < 4.78 is 6.45. The molecule has 0 bridgehead atoms. The van der Waals surface area contributed by atoms with Crippen molar-refractivity contribution in [1.29, 1.82) is 0 Å². The molecule has 1 heterocycles. The van der Waals surface area contributed by atoms with Crippen molar-refractivity contribution in [2.45, 2.75) is 13.8 Å². The maximum Gasteiger partial charge on any atom is 0.279 e. The van der Waals surface area contributed by atoms with E-state index in [4.69, 9.17) is 4.74 Å². The Morgan fingerprint density at radius 1 is 1.07 bits per heavy atom. The number of benzene rings is 2. The summed E-state index contributed by atoms with van der Waals surface area (Å²) in [5.41, 5.74) is 0.545. The number of hydrogen-bond donors (Lipinski definition) is 2. The van der Waals surface area contributed by atoms with Gasteiger partial charge in [0.05, 0.1) is 44.4 Å². The molecule has 0 spiro atoms. The van der Waals surface area contributed by atoms with Gasteiger partial charge in [0.1, 0.15) is 5.75 Å². The van der Waals surface area contributed by atoms with E-state index in [1.54, 1.807) is 55.6 Å². The topological polar surface area (TPSA) is 77.7 Å². The second-order valence-electron chi connectivity index (χ2n) is 6.77. The lowest BCUT2D eigenvalue weighted by atomic mass is 10.1. The highest BCUT2D eigenvalue weighted by Gasteiger charge is 2.17. The molecule has 0 radical (unpaired) electrons. The SMILES string of the molecule is CC[NH+](CC)CCNC(=O)c1nn(-c2ccc(OC)cc2)c(=O)c2ccccc12. The minimum Gasteiger partial charge on any atom is -0.497 e. The van der Waals surface area contributed by atoms with Crippen LogP contribution in [0.15, 0.2) is 53.3 Å². The zero-order chi connectivity index (χ0) is 20.8. The molecule has 0 aliphatic rings. The molecule has 152 valence electrons. The average Bonchev–Trinajstić information content (AvgIpc) is 2.77. The van der Waals surface area contributed by atoms with Gasteiger partial charge in [0.15, 0.2) is 5.69 Å². The molecule has 1 aromatic heterocycles. The van der Waals surface area contributed by atoms with E-state index in [1.807, 2.05) is 0 Å². The van der Waals surface area contributed by atoms with E-state index in [-0.39, 0.29) is 17.2 Å². The largest absolute Gasteiger partial charge is 0.497 e. The molecule has 3 aromatic rings. The number of rotatable bonds is 8. The third-order valence-corrected chi connectivity index (χ3v) is 5.10. The van der Waals surface area contributed by atoms with Gasteiger partial charge in [-0.05, 0) is 44.2 Å². The number of methoxy groups -OCH3 is 1. The zero-order valence-corrected chi connectivity index (χ0v) is 17.1. The van der Waals surface area contributed by atoms with E-state index >= 15 is 0 Å². The summed E-state index contributed by atoms with van der Waals surface area (Å²) in [6.07, 6.45) is 0. The highest BCUT2D eigenvalue weighted by Crippen LogP contribution is 2.17. The van der Waals surface area contributed by atoms with Gasteiger partial charge in [-0.15, -0.1) is 0 Å². The van der Waals surface area contributed by atoms with Crippen LogP contribution >= 0.6 is 0 Å². The number of nitrogens with zero attached hydrogens (tertiary/aromatic N) is 2. The van der Waals surface area contributed by atoms with Gasteiger partial charge in [0, 0.05) is 5.39 Å². The monoisotopic (exact) mass is 395 g/mol. The second-order valence-corrected chi connectivity index (χ2v) is 6.77. The van der Waals surface area contributed by atoms with Gasteiger partial charge in [-0.2, -0.15) is 9.78 Å². The van der Waals surface area contributed by atoms with Gasteiger partial charge in [0.25, 0.3) is 11.5 Å². The molecule has 0 saturated carbocycles. The Kier molecular flexibility index (Phi) is 6.61. The van der Waals surface area contributed by atoms with Crippen LogP contribution < -0.4 is 20.5 Å². The summed E-state index contributed by atoms with van der Waals surface area (Å²) in [7, 11) is 1.58. The molecule has 2 aromatic carbocycles. The van der Waals surface area contributed by atoms with Crippen molar-refractivity contribution >= 4 is 16.7 Å². The number of quaternary nitrogens is 1. The quantitative estimate of drug-likeness (QED) is 0.598. The van der Waals surface area contributed by atoms with Gasteiger partial charge in [-0.1, -0.05) is 18.2 Å². The van der Waals surface area contributed by atoms with Crippen molar-refractivity contribution in [3.8, 4) is 11.4 Å². The van der Waals surface area contributed by atoms with Crippen LogP contribution in [0.4, 0.5) is 0 Å². The molecule has 7 heteroatoms. The van der Waals surface area contributed by atoms with Crippen molar-refractivity contribution in [2.75, 3.05) is 33.3 Å². The summed E-state index contributed by atoms with van der Waals surface area (Å²) >= 11 is 0. The van der Waals surface area contributed by atoms with Crippen molar-refractivity contribution in [3.63, 3.8) is 0 Å². The number of carbonyl (C=O) groups excluding carboxylic acids is 1. The Balaban J connectivity index is 1.98. The molecule has 0 saturated heterocycles. The lowest BCUT2D eigenvalue weighted by Gasteiger charge is -2.16. The molecular weight excluding hydrogens is 368 g/mol. The Hall–Kier alpha value is -3.19. The Bertz CT molecular complexity index is 1040. The van der Waals surface area contributed by atoms with Crippen molar-refractivity contribution in [3.05, 3.63) is 64.6 Å². The van der Waals surface area contributed by atoms with Crippen LogP contribution in [0.25, 0.3) is 16.5 Å². The first kappa shape index (κ1) is 20.5. The number of amides is 1. The first-order valence-electron chi connectivity index (χ1n) is 9.87. The van der Waals surface area contributed by atoms with Crippen LogP contribution in [0.1, 0.15) is 24.3 Å². The third kappa shape index (κ3) is 4.46. The summed E-state index contributed by atoms with van der Waals surface area (Å²) in [5, 5.41) is 8.36. The van der Waals surface area contributed by atoms with Gasteiger partial charge in [-0.25, -0.2) is 0 Å². The molecule has 1 amide bonds. The molecule has 29 heavy (non-hydrogen) atoms. The van der Waals surface area contributed by atoms with Crippen LogP contribution in [0.2, 0.25) is 0 Å². The molecular formula is C22H27N4O3+.